The smallest absolute Gasteiger partial charge is 0.321 e. The highest BCUT2D eigenvalue weighted by molar-refractivity contribution is 6.42. The first-order valence-corrected chi connectivity index (χ1v) is 24.9. The Morgan fingerprint density at radius 3 is 1.98 bits per heavy atom. The summed E-state index contributed by atoms with van der Waals surface area (Å²) < 4.78 is 11.0. The fourth-order valence-corrected chi connectivity index (χ4v) is 10.2. The second-order valence-corrected chi connectivity index (χ2v) is 18.6. The summed E-state index contributed by atoms with van der Waals surface area (Å²) in [5.41, 5.74) is 9.77. The van der Waals surface area contributed by atoms with E-state index in [9.17, 15) is 19.5 Å². The number of hydrogen-bond acceptors (Lipinski definition) is 10. The predicted octanol–water partition coefficient (Wildman–Crippen LogP) is 12.8. The van der Waals surface area contributed by atoms with E-state index in [0.717, 1.165) is 53.7 Å². The zero-order valence-corrected chi connectivity index (χ0v) is 40.2. The van der Waals surface area contributed by atoms with Crippen molar-refractivity contribution < 1.29 is 29.0 Å². The summed E-state index contributed by atoms with van der Waals surface area (Å²) in [4.78, 5) is 56.3. The predicted molar refractivity (Wildman–Crippen MR) is 262 cm³/mol. The van der Waals surface area contributed by atoms with Crippen molar-refractivity contribution in [1.82, 2.24) is 5.32 Å². The van der Waals surface area contributed by atoms with Crippen molar-refractivity contribution in [2.24, 2.45) is 32.7 Å². The van der Waals surface area contributed by atoms with Crippen molar-refractivity contribution >= 4 is 34.9 Å². The van der Waals surface area contributed by atoms with Gasteiger partial charge in [-0.25, -0.2) is 15.0 Å². The number of carbonyl (C=O) groups excluding carboxylic acids is 3. The van der Waals surface area contributed by atoms with Crippen molar-refractivity contribution in [3.8, 4) is 0 Å². The molecular weight excluding hydrogens is 813 g/mol. The van der Waals surface area contributed by atoms with Gasteiger partial charge >= 0.3 is 11.9 Å². The van der Waals surface area contributed by atoms with E-state index >= 15 is 0 Å². The number of ketones is 1. The number of ether oxygens (including phenoxy) is 2. The molecular formula is C55H74N4O6. The summed E-state index contributed by atoms with van der Waals surface area (Å²) >= 11 is 0. The second-order valence-electron chi connectivity index (χ2n) is 18.6. The molecule has 8 bridgehead atoms. The topological polar surface area (TPSA) is 139 Å². The first-order valence-electron chi connectivity index (χ1n) is 24.9. The fourth-order valence-electron chi connectivity index (χ4n) is 10.2. The molecule has 0 aromatic carbocycles. The summed E-state index contributed by atoms with van der Waals surface area (Å²) in [6.07, 6.45) is 33.2. The van der Waals surface area contributed by atoms with Gasteiger partial charge in [-0.2, -0.15) is 0 Å². The van der Waals surface area contributed by atoms with Gasteiger partial charge in [-0.15, -0.1) is 0 Å². The third-order valence-electron chi connectivity index (χ3n) is 14.2. The van der Waals surface area contributed by atoms with Gasteiger partial charge in [0.25, 0.3) is 0 Å². The third kappa shape index (κ3) is 11.5. The molecule has 1 saturated carbocycles. The van der Waals surface area contributed by atoms with Gasteiger partial charge in [0.1, 0.15) is 5.92 Å². The largest absolute Gasteiger partial charge is 0.515 e. The van der Waals surface area contributed by atoms with Crippen LogP contribution in [0.4, 0.5) is 0 Å². The van der Waals surface area contributed by atoms with E-state index in [1.165, 1.54) is 103 Å². The highest BCUT2D eigenvalue weighted by Crippen LogP contribution is 2.47. The van der Waals surface area contributed by atoms with Crippen molar-refractivity contribution in [2.45, 2.75) is 169 Å². The van der Waals surface area contributed by atoms with Gasteiger partial charge < -0.3 is 19.9 Å². The van der Waals surface area contributed by atoms with Crippen LogP contribution in [0.2, 0.25) is 0 Å². The van der Waals surface area contributed by atoms with Crippen LogP contribution in [0.25, 0.3) is 0 Å². The molecule has 65 heavy (non-hydrogen) atoms. The number of methoxy groups -OCH3 is 1. The molecule has 10 nitrogen and oxygen atoms in total. The number of allylic oxidation sites excluding steroid dienone is 11. The maximum absolute atomic E-state index is 14.4. The molecule has 0 aromatic heterocycles. The molecule has 0 unspecified atom stereocenters. The number of aliphatic imine (C=N–C) groups is 3. The van der Waals surface area contributed by atoms with E-state index in [0.29, 0.717) is 76.0 Å². The van der Waals surface area contributed by atoms with Crippen molar-refractivity contribution in [3.05, 3.63) is 105 Å². The van der Waals surface area contributed by atoms with Crippen molar-refractivity contribution in [2.75, 3.05) is 13.7 Å². The lowest BCUT2D eigenvalue weighted by atomic mass is 9.85. The quantitative estimate of drug-likeness (QED) is 0.0403. The highest BCUT2D eigenvalue weighted by Gasteiger charge is 2.52. The molecule has 2 fully saturated rings. The highest BCUT2D eigenvalue weighted by atomic mass is 16.5. The lowest BCUT2D eigenvalue weighted by Gasteiger charge is -2.19. The Bertz CT molecular complexity index is 2220. The molecule has 0 aromatic rings. The Kier molecular flexibility index (Phi) is 18.1. The van der Waals surface area contributed by atoms with Gasteiger partial charge in [-0.1, -0.05) is 143 Å². The van der Waals surface area contributed by atoms with Crippen LogP contribution in [-0.2, 0) is 23.9 Å². The van der Waals surface area contributed by atoms with Crippen LogP contribution in [-0.4, -0.2) is 53.7 Å². The molecule has 3 atom stereocenters. The standard InChI is InChI=1S/C55H74N4O6/c1-8-11-12-13-14-15-16-17-18-19-20-21-22-23-24-25-26-27-30-65-48(61)29-28-40-36(5)43-31-42-35(4)38(9-2)45(56-42)33-47-41(34-60)39(10-3)46(57-47)32-44-37(6)49-53(59-44)50(52(40)58-43)51(54(49)62)55(63)64-7/h9,31-34,36,40,51,58,60H,2,8,10-30H2,1,3-7H3/b41-34-,43-31?,44-32?,45-33?,52-50?/t36-,40-,51+/m0/s1. The average Bonchev–Trinajstić information content (AvgIpc) is 4.06. The third-order valence-corrected chi connectivity index (χ3v) is 14.2. The first-order chi connectivity index (χ1) is 31.6. The molecule has 350 valence electrons. The molecule has 5 heterocycles. The first kappa shape index (κ1) is 49.3. The van der Waals surface area contributed by atoms with Crippen LogP contribution in [0, 0.1) is 17.8 Å². The van der Waals surface area contributed by atoms with Gasteiger partial charge in [0, 0.05) is 51.9 Å². The number of esters is 2. The van der Waals surface area contributed by atoms with Crippen molar-refractivity contribution in [1.29, 1.82) is 0 Å². The Morgan fingerprint density at radius 2 is 1.42 bits per heavy atom. The number of unbranched alkanes of at least 4 members (excludes halogenated alkanes) is 17. The van der Waals surface area contributed by atoms with Crippen LogP contribution >= 0.6 is 0 Å². The number of Topliss-reactive ketones (excluding diaryl/α,β-unsaturated/α-hetero) is 1. The van der Waals surface area contributed by atoms with Crippen LogP contribution in [0.15, 0.2) is 120 Å². The summed E-state index contributed by atoms with van der Waals surface area (Å²) in [5, 5.41) is 14.1. The lowest BCUT2D eigenvalue weighted by molar-refractivity contribution is -0.146. The number of aliphatic hydroxyl groups is 1. The molecule has 6 rings (SSSR count). The Labute approximate surface area is 388 Å². The number of nitrogens with one attached hydrogen (secondary N) is 1. The number of aliphatic hydroxyl groups excluding tert-OH is 1. The Hall–Kier alpha value is -5.12. The SMILES string of the molecule is C=CC1=C(C)C2=NC1=CC1=NC(=C(CC)/C1=C/O)C=C1N=C3C(=C1C)C(=O)[C@H](C(=O)OC)C3=C1NC(=C2)[C@@H](C)[C@@H]1CCC(=O)OCCCCCCCCCCCCCCCCCCCC. The molecule has 0 amide bonds. The van der Waals surface area contributed by atoms with Gasteiger partial charge in [0.05, 0.1) is 54.2 Å². The minimum Gasteiger partial charge on any atom is -0.515 e. The maximum Gasteiger partial charge on any atom is 0.321 e. The minimum atomic E-state index is -1.21. The van der Waals surface area contributed by atoms with Gasteiger partial charge in [-0.05, 0) is 68.1 Å². The van der Waals surface area contributed by atoms with E-state index < -0.39 is 11.9 Å². The van der Waals surface area contributed by atoms with Gasteiger partial charge in [0.2, 0.25) is 0 Å². The number of nitrogens with zero attached hydrogens (tertiary/aromatic N) is 3. The lowest BCUT2D eigenvalue weighted by Crippen LogP contribution is -2.26. The molecule has 1 saturated heterocycles. The zero-order valence-electron chi connectivity index (χ0n) is 40.2. The van der Waals surface area contributed by atoms with Crippen molar-refractivity contribution in [3.63, 3.8) is 0 Å². The van der Waals surface area contributed by atoms with E-state index in [2.05, 4.69) is 25.7 Å². The Balaban J connectivity index is 1.11. The van der Waals surface area contributed by atoms with Gasteiger partial charge in [-0.3, -0.25) is 14.4 Å². The normalized spacial score (nSPS) is 21.8. The minimum absolute atomic E-state index is 0.146. The van der Waals surface area contributed by atoms with E-state index in [1.807, 2.05) is 39.0 Å². The average molecular weight is 887 g/mol. The molecule has 0 radical (unpaired) electrons. The fraction of sp³-hybridized carbons (Fsp3) is 0.564. The van der Waals surface area contributed by atoms with E-state index in [1.54, 1.807) is 6.08 Å². The molecule has 5 aliphatic heterocycles. The summed E-state index contributed by atoms with van der Waals surface area (Å²) in [7, 11) is 1.29. The monoisotopic (exact) mass is 887 g/mol. The molecule has 1 aliphatic carbocycles. The molecule has 6 aliphatic rings. The number of fused-ring (bicyclic) bond motifs is 5. The van der Waals surface area contributed by atoms with E-state index in [4.69, 9.17) is 24.5 Å². The van der Waals surface area contributed by atoms with Crippen LogP contribution < -0.4 is 5.32 Å². The summed E-state index contributed by atoms with van der Waals surface area (Å²) in [5.74, 6) is -2.91. The maximum atomic E-state index is 14.4. The second kappa shape index (κ2) is 23.9. The Morgan fingerprint density at radius 1 is 0.800 bits per heavy atom. The zero-order chi connectivity index (χ0) is 46.5. The van der Waals surface area contributed by atoms with E-state index in [-0.39, 0.29) is 30.0 Å². The number of rotatable bonds is 25. The number of hydrogen-bond donors (Lipinski definition) is 2. The summed E-state index contributed by atoms with van der Waals surface area (Å²) in [6.45, 7) is 14.7. The molecule has 2 N–H and O–H groups in total. The molecule has 10 heteroatoms. The summed E-state index contributed by atoms with van der Waals surface area (Å²) in [6, 6.07) is 0. The number of carbonyl (C=O) groups is 3. The van der Waals surface area contributed by atoms with Crippen LogP contribution in [0.1, 0.15) is 169 Å². The van der Waals surface area contributed by atoms with Crippen LogP contribution in [0.5, 0.6) is 0 Å². The van der Waals surface area contributed by atoms with Gasteiger partial charge in [0.15, 0.2) is 5.78 Å². The van der Waals surface area contributed by atoms with Crippen LogP contribution in [0.3, 0.4) is 0 Å². The molecule has 0 spiro atoms.